The third-order valence-electron chi connectivity index (χ3n) is 6.49. The van der Waals surface area contributed by atoms with Gasteiger partial charge in [-0.05, 0) is 25.1 Å². The lowest BCUT2D eigenvalue weighted by molar-refractivity contribution is 0.102. The number of anilines is 3. The first-order chi connectivity index (χ1) is 18.9. The number of nitrogens with one attached hydrogen (secondary N) is 1. The van der Waals surface area contributed by atoms with E-state index in [1.54, 1.807) is 12.3 Å². The van der Waals surface area contributed by atoms with Crippen LogP contribution in [0, 0.1) is 6.92 Å². The van der Waals surface area contributed by atoms with Crippen LogP contribution < -0.4 is 20.9 Å². The van der Waals surface area contributed by atoms with Gasteiger partial charge in [0, 0.05) is 43.5 Å². The molecule has 6 heterocycles. The van der Waals surface area contributed by atoms with Gasteiger partial charge < -0.3 is 34.7 Å². The number of amides is 2. The molecule has 4 aromatic heterocycles. The van der Waals surface area contributed by atoms with Gasteiger partial charge in [0.15, 0.2) is 22.3 Å². The third kappa shape index (κ3) is 5.33. The molecule has 202 valence electrons. The fourth-order valence-electron chi connectivity index (χ4n) is 4.62. The Hall–Kier alpha value is -4.30. The minimum absolute atomic E-state index is 0.125. The predicted octanol–water partition coefficient (Wildman–Crippen LogP) is 2.81. The second-order valence-electron chi connectivity index (χ2n) is 9.25. The molecule has 2 saturated heterocycles. The van der Waals surface area contributed by atoms with E-state index in [1.165, 1.54) is 17.6 Å². The number of hydrogen-bond acceptors (Lipinski definition) is 12. The highest BCUT2D eigenvalue weighted by molar-refractivity contribution is 7.22. The number of nitrogens with zero attached hydrogens (tertiary/aromatic N) is 6. The molecule has 6 rings (SSSR count). The number of primary amides is 1. The van der Waals surface area contributed by atoms with Gasteiger partial charge in [0.1, 0.15) is 12.4 Å². The number of nitrogens with two attached hydrogens (primary N) is 1. The first kappa shape index (κ1) is 25.0. The Bertz CT molecular complexity index is 1530. The van der Waals surface area contributed by atoms with E-state index in [0.717, 1.165) is 34.2 Å². The van der Waals surface area contributed by atoms with E-state index in [4.69, 9.17) is 29.6 Å². The number of carbonyl (C=O) groups is 2. The molecule has 0 saturated carbocycles. The number of rotatable bonds is 6. The van der Waals surface area contributed by atoms with E-state index in [0.29, 0.717) is 55.8 Å². The van der Waals surface area contributed by atoms with Crippen molar-refractivity contribution in [1.29, 1.82) is 0 Å². The summed E-state index contributed by atoms with van der Waals surface area (Å²) < 4.78 is 17.1. The summed E-state index contributed by atoms with van der Waals surface area (Å²) >= 11 is 1.50. The number of ether oxygens (including phenoxy) is 2. The van der Waals surface area contributed by atoms with Crippen molar-refractivity contribution in [3.05, 3.63) is 42.0 Å². The summed E-state index contributed by atoms with van der Waals surface area (Å²) in [6.07, 6.45) is 2.38. The van der Waals surface area contributed by atoms with E-state index < -0.39 is 12.0 Å². The Kier molecular flexibility index (Phi) is 6.70. The molecule has 0 aliphatic carbocycles. The molecule has 0 bridgehead atoms. The molecule has 14 heteroatoms. The van der Waals surface area contributed by atoms with Crippen LogP contribution in [0.2, 0.25) is 0 Å². The summed E-state index contributed by atoms with van der Waals surface area (Å²) in [7, 11) is 0. The van der Waals surface area contributed by atoms with Gasteiger partial charge in [-0.25, -0.2) is 14.8 Å². The van der Waals surface area contributed by atoms with Crippen molar-refractivity contribution in [3.8, 4) is 11.5 Å². The molecule has 2 aliphatic heterocycles. The minimum atomic E-state index is -0.820. The molecule has 0 spiro atoms. The van der Waals surface area contributed by atoms with Crippen LogP contribution in [0.15, 0.2) is 35.1 Å². The zero-order chi connectivity index (χ0) is 26.9. The number of thiazole rings is 1. The van der Waals surface area contributed by atoms with Crippen LogP contribution in [0.25, 0.3) is 21.8 Å². The fraction of sp³-hybridized carbons (Fsp3) is 0.360. The first-order valence-corrected chi connectivity index (χ1v) is 13.3. The molecule has 3 N–H and O–H groups in total. The van der Waals surface area contributed by atoms with Crippen LogP contribution in [-0.2, 0) is 9.47 Å². The summed E-state index contributed by atoms with van der Waals surface area (Å²) in [5, 5.41) is 3.80. The number of aryl methyl sites for hydroxylation is 1. The average molecular weight is 551 g/mol. The van der Waals surface area contributed by atoms with Crippen molar-refractivity contribution in [2.24, 2.45) is 5.73 Å². The molecule has 4 aromatic rings. The molecule has 2 amide bonds. The maximum Gasteiger partial charge on any atom is 0.404 e. The van der Waals surface area contributed by atoms with Gasteiger partial charge in [0.25, 0.3) is 5.91 Å². The Labute approximate surface area is 227 Å². The lowest BCUT2D eigenvalue weighted by Crippen LogP contribution is -2.36. The van der Waals surface area contributed by atoms with Gasteiger partial charge in [0.2, 0.25) is 5.89 Å². The number of carbonyl (C=O) groups excluding carboxylic acids is 2. The number of morpholine rings is 1. The molecular formula is C25H26N8O5S. The highest BCUT2D eigenvalue weighted by Gasteiger charge is 2.29. The van der Waals surface area contributed by atoms with Crippen LogP contribution in [-0.4, -0.2) is 77.4 Å². The van der Waals surface area contributed by atoms with Crippen LogP contribution >= 0.6 is 11.3 Å². The van der Waals surface area contributed by atoms with Crippen LogP contribution in [0.4, 0.5) is 21.4 Å². The molecule has 1 unspecified atom stereocenters. The number of hydrogen-bond donors (Lipinski definition) is 2. The minimum Gasteiger partial charge on any atom is -0.444 e. The van der Waals surface area contributed by atoms with Gasteiger partial charge in [0.05, 0.1) is 30.1 Å². The lowest BCUT2D eigenvalue weighted by Gasteiger charge is -2.25. The monoisotopic (exact) mass is 550 g/mol. The Morgan fingerprint density at radius 2 is 2.00 bits per heavy atom. The average Bonchev–Trinajstić information content (AvgIpc) is 3.68. The van der Waals surface area contributed by atoms with Crippen molar-refractivity contribution in [2.75, 3.05) is 54.5 Å². The Balaban J connectivity index is 1.31. The van der Waals surface area contributed by atoms with Gasteiger partial charge in [-0.2, -0.15) is 4.98 Å². The molecule has 2 aliphatic rings. The van der Waals surface area contributed by atoms with Crippen LogP contribution in [0.5, 0.6) is 0 Å². The fourth-order valence-corrected chi connectivity index (χ4v) is 5.62. The van der Waals surface area contributed by atoms with Crippen molar-refractivity contribution in [2.45, 2.75) is 19.4 Å². The Morgan fingerprint density at radius 1 is 1.15 bits per heavy atom. The number of aromatic nitrogens is 4. The standard InChI is InChI=1S/C25H26N8O5S/c1-14-10-15(2-4-27-14)23-29-18(13-37-23)22(34)28-17-11-19-20(31-25(39-19)32-6-8-36-9-7-32)30-21(17)33-5-3-16(12-33)38-24(26)35/h2,4,10-11,13,16H,3,5-9,12H2,1H3,(H2,26,35)(H,28,34). The predicted molar refractivity (Wildman–Crippen MR) is 144 cm³/mol. The second-order valence-corrected chi connectivity index (χ2v) is 10.3. The van der Waals surface area contributed by atoms with E-state index in [2.05, 4.69) is 20.2 Å². The quantitative estimate of drug-likeness (QED) is 0.363. The molecule has 0 aromatic carbocycles. The van der Waals surface area contributed by atoms with Crippen molar-refractivity contribution in [3.63, 3.8) is 0 Å². The summed E-state index contributed by atoms with van der Waals surface area (Å²) in [5.41, 5.74) is 7.95. The van der Waals surface area contributed by atoms with E-state index >= 15 is 0 Å². The molecule has 1 atom stereocenters. The van der Waals surface area contributed by atoms with E-state index in [9.17, 15) is 9.59 Å². The second kappa shape index (κ2) is 10.5. The molecule has 39 heavy (non-hydrogen) atoms. The number of fused-ring (bicyclic) bond motifs is 1. The summed E-state index contributed by atoms with van der Waals surface area (Å²) in [6, 6.07) is 5.47. The van der Waals surface area contributed by atoms with Crippen molar-refractivity contribution >= 4 is 50.3 Å². The molecular weight excluding hydrogens is 524 g/mol. The maximum absolute atomic E-state index is 13.3. The van der Waals surface area contributed by atoms with Gasteiger partial charge in [-0.15, -0.1) is 0 Å². The smallest absolute Gasteiger partial charge is 0.404 e. The SMILES string of the molecule is Cc1cc(-c2nc(C(=O)Nc3cc4sc(N5CCOCC5)nc4nc3N3CCC(OC(N)=O)C3)co2)ccn1. The van der Waals surface area contributed by atoms with Crippen molar-refractivity contribution in [1.82, 2.24) is 19.9 Å². The first-order valence-electron chi connectivity index (χ1n) is 12.5. The highest BCUT2D eigenvalue weighted by Crippen LogP contribution is 2.36. The van der Waals surface area contributed by atoms with E-state index in [-0.39, 0.29) is 11.8 Å². The highest BCUT2D eigenvalue weighted by atomic mass is 32.1. The topological polar surface area (TPSA) is 162 Å². The molecule has 2 fully saturated rings. The maximum atomic E-state index is 13.3. The number of oxazole rings is 1. The van der Waals surface area contributed by atoms with Crippen LogP contribution in [0.3, 0.4) is 0 Å². The van der Waals surface area contributed by atoms with Gasteiger partial charge in [-0.3, -0.25) is 9.78 Å². The largest absolute Gasteiger partial charge is 0.444 e. The zero-order valence-corrected chi connectivity index (χ0v) is 21.9. The normalized spacial score (nSPS) is 17.5. The van der Waals surface area contributed by atoms with Crippen LogP contribution in [0.1, 0.15) is 22.6 Å². The van der Waals surface area contributed by atoms with Gasteiger partial charge in [-0.1, -0.05) is 11.3 Å². The summed E-state index contributed by atoms with van der Waals surface area (Å²) in [6.45, 7) is 5.61. The Morgan fingerprint density at radius 3 is 2.79 bits per heavy atom. The lowest BCUT2D eigenvalue weighted by atomic mass is 10.2. The molecule has 0 radical (unpaired) electrons. The summed E-state index contributed by atoms with van der Waals surface area (Å²) in [4.78, 5) is 46.8. The summed E-state index contributed by atoms with van der Waals surface area (Å²) in [5.74, 6) is 0.405. The van der Waals surface area contributed by atoms with Crippen molar-refractivity contribution < 1.29 is 23.5 Å². The van der Waals surface area contributed by atoms with Gasteiger partial charge >= 0.3 is 6.09 Å². The zero-order valence-electron chi connectivity index (χ0n) is 21.1. The number of pyridine rings is 2. The molecule has 13 nitrogen and oxygen atoms in total. The van der Waals surface area contributed by atoms with E-state index in [1.807, 2.05) is 24.0 Å². The third-order valence-corrected chi connectivity index (χ3v) is 7.54.